The van der Waals surface area contributed by atoms with Crippen LogP contribution in [-0.2, 0) is 27.2 Å². The minimum Gasteiger partial charge on any atom is -0.507 e. The topological polar surface area (TPSA) is 216 Å². The Morgan fingerprint density at radius 1 is 1.10 bits per heavy atom. The van der Waals surface area contributed by atoms with Gasteiger partial charge >= 0.3 is 5.97 Å². The number of H-pyrrole nitrogens is 1. The molecule has 1 saturated heterocycles. The van der Waals surface area contributed by atoms with Gasteiger partial charge in [-0.25, -0.2) is 4.79 Å². The van der Waals surface area contributed by atoms with Crippen molar-refractivity contribution in [2.75, 3.05) is 18.1 Å². The molecule has 306 valence electrons. The molecule has 0 spiro atoms. The van der Waals surface area contributed by atoms with E-state index in [2.05, 4.69) is 50.8 Å². The molecular formula is C42H48N6O8S2. The zero-order valence-electron chi connectivity index (χ0n) is 32.3. The number of nitrogens with one attached hydrogen (secondary N) is 3. The third kappa shape index (κ3) is 7.13. The minimum absolute atomic E-state index is 0.0532. The maximum absolute atomic E-state index is 14.3. The highest BCUT2D eigenvalue weighted by molar-refractivity contribution is 8.76. The molecule has 5 aliphatic heterocycles. The fourth-order valence-electron chi connectivity index (χ4n) is 8.84. The van der Waals surface area contributed by atoms with Crippen molar-refractivity contribution >= 4 is 49.4 Å². The van der Waals surface area contributed by atoms with Gasteiger partial charge in [0.15, 0.2) is 11.0 Å². The van der Waals surface area contributed by atoms with Crippen LogP contribution in [0.25, 0.3) is 21.9 Å². The van der Waals surface area contributed by atoms with Crippen LogP contribution < -0.4 is 32.3 Å². The number of hydrogen-bond donors (Lipinski definition) is 7. The number of esters is 1. The Kier molecular flexibility index (Phi) is 10.0. The molecule has 5 aliphatic rings. The van der Waals surface area contributed by atoms with Gasteiger partial charge in [-0.15, -0.1) is 0 Å². The quantitative estimate of drug-likeness (QED) is 0.0830. The lowest BCUT2D eigenvalue weighted by atomic mass is 9.86. The molecule has 3 aromatic heterocycles. The van der Waals surface area contributed by atoms with E-state index >= 15 is 0 Å². The number of hydrogen-bond acceptors (Lipinski definition) is 14. The van der Waals surface area contributed by atoms with Crippen molar-refractivity contribution in [1.82, 2.24) is 20.2 Å². The molecule has 14 nitrogen and oxygen atoms in total. The predicted molar refractivity (Wildman–Crippen MR) is 224 cm³/mol. The number of rotatable bonds is 5. The van der Waals surface area contributed by atoms with Crippen molar-refractivity contribution in [1.29, 1.82) is 0 Å². The number of phenolic OH excluding ortho intramolecular Hbond substituents is 1. The van der Waals surface area contributed by atoms with Crippen molar-refractivity contribution in [2.45, 2.75) is 94.4 Å². The van der Waals surface area contributed by atoms with Crippen LogP contribution in [0.2, 0.25) is 0 Å². The number of allylic oxidation sites excluding steroid dienone is 2. The highest BCUT2D eigenvalue weighted by atomic mass is 33.1. The number of aliphatic hydroxyl groups is 1. The Bertz CT molecular complexity index is 2460. The molecule has 0 aliphatic carbocycles. The maximum Gasteiger partial charge on any atom is 0.341 e. The second-order valence-electron chi connectivity index (χ2n) is 16.0. The van der Waals surface area contributed by atoms with E-state index in [-0.39, 0.29) is 53.7 Å². The normalized spacial score (nSPS) is 28.8. The molecule has 2 unspecified atom stereocenters. The van der Waals surface area contributed by atoms with Gasteiger partial charge in [-0.3, -0.25) is 4.79 Å². The van der Waals surface area contributed by atoms with E-state index in [1.807, 2.05) is 19.2 Å². The number of fused-ring (bicyclic) bond motifs is 8. The predicted octanol–water partition coefficient (Wildman–Crippen LogP) is 4.64. The molecule has 6 atom stereocenters. The first kappa shape index (κ1) is 38.6. The van der Waals surface area contributed by atoms with Gasteiger partial charge in [0.1, 0.15) is 45.8 Å². The van der Waals surface area contributed by atoms with Gasteiger partial charge in [-0.05, 0) is 62.8 Å². The van der Waals surface area contributed by atoms with Crippen LogP contribution in [0.4, 0.5) is 0 Å². The largest absolute Gasteiger partial charge is 0.507 e. The van der Waals surface area contributed by atoms with Gasteiger partial charge in [0.2, 0.25) is 0 Å². The van der Waals surface area contributed by atoms with Crippen molar-refractivity contribution in [3.05, 3.63) is 105 Å². The molecule has 8 heterocycles. The van der Waals surface area contributed by atoms with Crippen molar-refractivity contribution in [2.24, 2.45) is 11.5 Å². The highest BCUT2D eigenvalue weighted by Gasteiger charge is 2.63. The zero-order valence-corrected chi connectivity index (χ0v) is 34.0. The summed E-state index contributed by atoms with van der Waals surface area (Å²) in [5.74, 6) is 2.40. The molecular weight excluding hydrogens is 781 g/mol. The Morgan fingerprint density at radius 2 is 1.97 bits per heavy atom. The maximum atomic E-state index is 14.3. The fourth-order valence-corrected chi connectivity index (χ4v) is 11.2. The summed E-state index contributed by atoms with van der Waals surface area (Å²) >= 11 is 0. The fraction of sp³-hybridized carbons (Fsp3) is 0.429. The van der Waals surface area contributed by atoms with E-state index in [9.17, 15) is 19.8 Å². The van der Waals surface area contributed by atoms with Gasteiger partial charge in [0.05, 0.1) is 29.5 Å². The number of carbonyl (C=O) groups is 1. The third-order valence-corrected chi connectivity index (χ3v) is 14.3. The van der Waals surface area contributed by atoms with E-state index in [4.69, 9.17) is 30.1 Å². The number of carbonyl (C=O) groups excluding carboxylic acids is 1. The number of aliphatic hydroxyl groups excluding tert-OH is 1. The molecule has 9 N–H and O–H groups in total. The third-order valence-electron chi connectivity index (χ3n) is 12.0. The van der Waals surface area contributed by atoms with E-state index in [1.165, 1.54) is 6.07 Å². The van der Waals surface area contributed by atoms with E-state index < -0.39 is 29.4 Å². The average molecular weight is 829 g/mol. The molecule has 2 bridgehead atoms. The highest BCUT2D eigenvalue weighted by Crippen LogP contribution is 2.49. The summed E-state index contributed by atoms with van der Waals surface area (Å²) in [5, 5.41) is 29.5. The molecule has 58 heavy (non-hydrogen) atoms. The lowest BCUT2D eigenvalue weighted by Gasteiger charge is -2.42. The SMILES string of the molecule is Cc1cc(=O)c2c(O)c3c(cc2o1)O[C@@]1(C)CCSSCC2=C(N)NC(Cn4cc5cc[nH]c5c4)C=C2C2C=C(C=C(N)N2)CC[C@H]2O[C@]2(CCCO)C(=O)O[C@@H]1C3. The zero-order chi connectivity index (χ0) is 40.3. The molecule has 1 fully saturated rings. The number of nitrogens with two attached hydrogens (primary N) is 2. The molecule has 4 aromatic rings. The number of nitrogens with zero attached hydrogens (tertiary/aromatic N) is 1. The Morgan fingerprint density at radius 3 is 2.79 bits per heavy atom. The van der Waals surface area contributed by atoms with Gasteiger partial charge in [-0.2, -0.15) is 0 Å². The molecule has 0 saturated carbocycles. The number of aromatic amines is 1. The smallest absolute Gasteiger partial charge is 0.341 e. The first-order valence-electron chi connectivity index (χ1n) is 19.7. The van der Waals surface area contributed by atoms with Crippen LogP contribution in [-0.4, -0.2) is 79.3 Å². The summed E-state index contributed by atoms with van der Waals surface area (Å²) in [5.41, 5.74) is 15.5. The van der Waals surface area contributed by atoms with Crippen LogP contribution >= 0.6 is 21.6 Å². The van der Waals surface area contributed by atoms with Gasteiger partial charge in [0.25, 0.3) is 0 Å². The summed E-state index contributed by atoms with van der Waals surface area (Å²) in [6.07, 6.45) is 13.5. The monoisotopic (exact) mass is 828 g/mol. The Hall–Kier alpha value is -4.90. The molecule has 0 amide bonds. The lowest BCUT2D eigenvalue weighted by Crippen LogP contribution is -2.53. The van der Waals surface area contributed by atoms with E-state index in [0.29, 0.717) is 72.4 Å². The number of ether oxygens (including phenoxy) is 3. The van der Waals surface area contributed by atoms with Crippen molar-refractivity contribution in [3.8, 4) is 11.5 Å². The summed E-state index contributed by atoms with van der Waals surface area (Å²) in [4.78, 5) is 30.6. The van der Waals surface area contributed by atoms with E-state index in [1.54, 1.807) is 34.6 Å². The van der Waals surface area contributed by atoms with Crippen molar-refractivity contribution in [3.63, 3.8) is 0 Å². The molecule has 0 radical (unpaired) electrons. The summed E-state index contributed by atoms with van der Waals surface area (Å²) in [7, 11) is 3.33. The molecule has 16 heteroatoms. The van der Waals surface area contributed by atoms with Crippen LogP contribution in [0.15, 0.2) is 92.6 Å². The number of aryl methyl sites for hydroxylation is 1. The second-order valence-corrected chi connectivity index (χ2v) is 18.6. The van der Waals surface area contributed by atoms with Crippen molar-refractivity contribution < 1.29 is 33.6 Å². The Balaban J connectivity index is 1.04. The van der Waals surface area contributed by atoms with Gasteiger partial charge in [-0.1, -0.05) is 33.7 Å². The first-order valence-corrected chi connectivity index (χ1v) is 22.2. The number of phenols is 1. The van der Waals surface area contributed by atoms with Gasteiger partial charge < -0.3 is 60.5 Å². The van der Waals surface area contributed by atoms with Gasteiger partial charge in [0, 0.05) is 84.7 Å². The Labute approximate surface area is 342 Å². The summed E-state index contributed by atoms with van der Waals surface area (Å²) in [6, 6.07) is 4.72. The van der Waals surface area contributed by atoms with E-state index in [0.717, 1.165) is 27.6 Å². The number of dihydropyridines is 2. The second kappa shape index (κ2) is 15.0. The molecule has 1 aromatic carbocycles. The summed E-state index contributed by atoms with van der Waals surface area (Å²) in [6.45, 7) is 4.15. The van der Waals surface area contributed by atoms with Crippen LogP contribution in [0, 0.1) is 6.92 Å². The lowest BCUT2D eigenvalue weighted by molar-refractivity contribution is -0.169. The number of aromatic hydroxyl groups is 1. The minimum atomic E-state index is -1.24. The standard InChI is InChI=1S/C42H48N6O8S2/c1-22-12-31(50)37-33(53-22)17-32-27(38(37)51)16-35-41(2,55-32)8-11-57-58-21-28-26(15-25(46-39(28)44)19-48-18-24-6-9-45-30(24)20-48)29-13-23(14-36(43)47-29)4-5-34-42(56-34,7-3-10-49)40(52)54-35/h6,9,12-15,17-18,20,25,29,34-35,45-47,49,51H,3-5,7-8,10-11,16,19,21,43-44H2,1-2H3/t25?,29?,34-,35-,41+,42+/m1/s1. The first-order chi connectivity index (χ1) is 27.9. The average Bonchev–Trinajstić information content (AvgIpc) is 3.49. The van der Waals surface area contributed by atoms with Crippen LogP contribution in [0.5, 0.6) is 11.5 Å². The van der Waals surface area contributed by atoms with Crippen LogP contribution in [0.1, 0.15) is 50.4 Å². The van der Waals surface area contributed by atoms with Crippen LogP contribution in [0.3, 0.4) is 0 Å². The number of aromatic nitrogens is 2. The molecule has 9 rings (SSSR count). The number of benzene rings is 1. The number of epoxide rings is 1. The summed E-state index contributed by atoms with van der Waals surface area (Å²) < 4.78 is 27.3.